The third kappa shape index (κ3) is 9.58. The van der Waals surface area contributed by atoms with Crippen molar-refractivity contribution >= 4 is 29.5 Å². The number of hydrogen-bond donors (Lipinski definition) is 1. The minimum absolute atomic E-state index is 0.0303. The molecule has 0 aromatic heterocycles. The monoisotopic (exact) mass is 863 g/mol. The van der Waals surface area contributed by atoms with Gasteiger partial charge in [0, 0.05) is 34.5 Å². The van der Waals surface area contributed by atoms with Crippen LogP contribution in [-0.2, 0) is 50.8 Å². The van der Waals surface area contributed by atoms with Crippen molar-refractivity contribution in [2.24, 2.45) is 0 Å². The average molecular weight is 864 g/mol. The number of carboxylic acid groups (broad SMARTS) is 1. The summed E-state index contributed by atoms with van der Waals surface area (Å²) in [5, 5.41) is 10.0. The first-order chi connectivity index (χ1) is 31.9. The Morgan fingerprint density at radius 3 is 1.65 bits per heavy atom. The largest absolute Gasteiger partial charge is 0.497 e. The van der Waals surface area contributed by atoms with E-state index < -0.39 is 16.8 Å². The van der Waals surface area contributed by atoms with Crippen molar-refractivity contribution in [2.45, 2.75) is 42.9 Å². The smallest absolute Gasteiger partial charge is 0.309 e. The second-order valence-corrected chi connectivity index (χ2v) is 16.7. The maximum Gasteiger partial charge on any atom is 0.309 e. The third-order valence-corrected chi connectivity index (χ3v) is 12.8. The number of rotatable bonds is 20. The first-order valence-corrected chi connectivity index (χ1v) is 22.2. The minimum atomic E-state index is -0.855. The van der Waals surface area contributed by atoms with Gasteiger partial charge < -0.3 is 24.2 Å². The van der Waals surface area contributed by atoms with Crippen molar-refractivity contribution in [1.29, 1.82) is 0 Å². The molecule has 1 N–H and O–H groups in total. The number of benzene rings is 6. The van der Waals surface area contributed by atoms with Crippen LogP contribution < -0.4 is 14.4 Å². The Morgan fingerprint density at radius 2 is 1.14 bits per heavy atom. The second-order valence-electron chi connectivity index (χ2n) is 16.7. The van der Waals surface area contributed by atoms with E-state index in [4.69, 9.17) is 14.2 Å². The Labute approximate surface area is 382 Å². The van der Waals surface area contributed by atoms with Crippen LogP contribution in [0.2, 0.25) is 0 Å². The van der Waals surface area contributed by atoms with Gasteiger partial charge in [0.2, 0.25) is 5.69 Å². The van der Waals surface area contributed by atoms with Crippen molar-refractivity contribution in [3.8, 4) is 11.5 Å². The van der Waals surface area contributed by atoms with Gasteiger partial charge in [-0.15, -0.1) is 0 Å². The number of carboxylic acids is 1. The molecule has 65 heavy (non-hydrogen) atoms. The average Bonchev–Trinajstić information content (AvgIpc) is 3.72. The van der Waals surface area contributed by atoms with Gasteiger partial charge in [0.15, 0.2) is 12.3 Å². The van der Waals surface area contributed by atoms with E-state index in [2.05, 4.69) is 161 Å². The summed E-state index contributed by atoms with van der Waals surface area (Å²) in [6.45, 7) is 1.47. The fourth-order valence-corrected chi connectivity index (χ4v) is 9.96. The van der Waals surface area contributed by atoms with Crippen LogP contribution in [0.15, 0.2) is 194 Å². The van der Waals surface area contributed by atoms with Crippen LogP contribution in [0.1, 0.15) is 39.8 Å². The lowest BCUT2D eigenvalue weighted by molar-refractivity contribution is -0.436. The molecule has 0 amide bonds. The summed E-state index contributed by atoms with van der Waals surface area (Å²) in [4.78, 5) is 26.0. The first kappa shape index (κ1) is 44.2. The molecule has 0 bridgehead atoms. The Balaban J connectivity index is 1.28. The molecule has 2 heterocycles. The summed E-state index contributed by atoms with van der Waals surface area (Å²) >= 11 is 0. The number of carbonyl (C=O) groups excluding carboxylic acids is 1. The van der Waals surface area contributed by atoms with E-state index in [1.54, 1.807) is 14.2 Å². The van der Waals surface area contributed by atoms with Gasteiger partial charge >= 0.3 is 5.97 Å². The molecular weight excluding hydrogens is 809 g/mol. The number of hydrogen-bond acceptors (Lipinski definition) is 6. The van der Waals surface area contributed by atoms with Gasteiger partial charge in [0.25, 0.3) is 6.47 Å². The number of methoxy groups -OCH3 is 2. The van der Waals surface area contributed by atoms with Gasteiger partial charge in [-0.05, 0) is 89.9 Å². The normalized spacial score (nSPS) is 15.4. The fraction of sp³-hybridized carbons (Fsp3) is 0.211. The SMILES string of the molecule is COc1ccc2c(c1)C(Cc1ccccc1)(Cc1ccccc1)C(=CC=CC=CC1=[N+](CCC(=O)O)c3ccc(OC)cc3C1(Cc1ccccc1)Cc1ccccc1)N2CCOC=O. The van der Waals surface area contributed by atoms with Gasteiger partial charge in [0.1, 0.15) is 24.5 Å². The van der Waals surface area contributed by atoms with Crippen molar-refractivity contribution in [1.82, 2.24) is 0 Å². The lowest BCUT2D eigenvalue weighted by atomic mass is 9.69. The summed E-state index contributed by atoms with van der Waals surface area (Å²) in [5.74, 6) is 0.662. The first-order valence-electron chi connectivity index (χ1n) is 22.2. The maximum absolute atomic E-state index is 12.2. The van der Waals surface area contributed by atoms with Crippen LogP contribution in [0.25, 0.3) is 0 Å². The van der Waals surface area contributed by atoms with E-state index in [0.29, 0.717) is 45.2 Å². The van der Waals surface area contributed by atoms with E-state index in [1.807, 2.05) is 36.4 Å². The highest BCUT2D eigenvalue weighted by atomic mass is 16.5. The summed E-state index contributed by atoms with van der Waals surface area (Å²) in [6.07, 6.45) is 13.4. The van der Waals surface area contributed by atoms with Crippen LogP contribution >= 0.6 is 0 Å². The molecule has 0 fully saturated rings. The van der Waals surface area contributed by atoms with E-state index in [1.165, 1.54) is 22.3 Å². The fourth-order valence-electron chi connectivity index (χ4n) is 9.96. The molecule has 8 rings (SSSR count). The summed E-state index contributed by atoms with van der Waals surface area (Å²) < 4.78 is 19.2. The van der Waals surface area contributed by atoms with Gasteiger partial charge in [-0.25, -0.2) is 0 Å². The Hall–Kier alpha value is -7.45. The van der Waals surface area contributed by atoms with Crippen LogP contribution in [0.5, 0.6) is 11.5 Å². The van der Waals surface area contributed by atoms with E-state index in [9.17, 15) is 14.7 Å². The lowest BCUT2D eigenvalue weighted by Gasteiger charge is -2.34. The summed E-state index contributed by atoms with van der Waals surface area (Å²) in [7, 11) is 3.38. The number of ether oxygens (including phenoxy) is 3. The molecule has 0 radical (unpaired) electrons. The highest BCUT2D eigenvalue weighted by molar-refractivity contribution is 6.04. The molecule has 8 heteroatoms. The van der Waals surface area contributed by atoms with Crippen molar-refractivity contribution in [3.05, 3.63) is 227 Å². The van der Waals surface area contributed by atoms with Crippen LogP contribution in [0.3, 0.4) is 0 Å². The molecular formula is C57H55N2O6+. The molecule has 328 valence electrons. The van der Waals surface area contributed by atoms with E-state index in [-0.39, 0.29) is 13.0 Å². The number of fused-ring (bicyclic) bond motifs is 2. The minimum Gasteiger partial charge on any atom is -0.497 e. The van der Waals surface area contributed by atoms with Crippen LogP contribution in [0.4, 0.5) is 11.4 Å². The van der Waals surface area contributed by atoms with Crippen LogP contribution in [-0.4, -0.2) is 61.8 Å². The molecule has 0 unspecified atom stereocenters. The predicted molar refractivity (Wildman–Crippen MR) is 258 cm³/mol. The van der Waals surface area contributed by atoms with Gasteiger partial charge in [-0.1, -0.05) is 140 Å². The predicted octanol–water partition coefficient (Wildman–Crippen LogP) is 10.4. The topological polar surface area (TPSA) is 88.3 Å². The number of allylic oxidation sites excluding steroid dienone is 6. The number of carbonyl (C=O) groups is 2. The molecule has 0 spiro atoms. The van der Waals surface area contributed by atoms with Crippen LogP contribution in [0, 0.1) is 0 Å². The molecule has 0 saturated heterocycles. The Kier molecular flexibility index (Phi) is 13.8. The standard InChI is InChI=1S/C57H54N2O6/c1-63-47-28-30-51-49(36-47)56(38-43-18-8-3-9-19-43,39-44-20-10-4-11-21-44)53(58(51)33-32-55(61)62)26-16-7-17-27-54-57(40-45-22-12-5-13-23-45,41-46-24-14-6-15-25-46)50-37-48(64-2)29-31-52(50)59(54)34-35-65-42-60/h3-31,36-37,42H,32-35,38-41H2,1-2H3/p+1. The zero-order chi connectivity index (χ0) is 45.1. The molecule has 0 saturated carbocycles. The van der Waals surface area contributed by atoms with Gasteiger partial charge in [-0.2, -0.15) is 4.58 Å². The number of nitrogens with zero attached hydrogens (tertiary/aromatic N) is 2. The van der Waals surface area contributed by atoms with Crippen molar-refractivity contribution in [2.75, 3.05) is 38.8 Å². The van der Waals surface area contributed by atoms with Gasteiger partial charge in [-0.3, -0.25) is 9.59 Å². The molecule has 2 aliphatic heterocycles. The maximum atomic E-state index is 12.2. The molecule has 0 aliphatic carbocycles. The molecule has 0 atom stereocenters. The molecule has 6 aromatic carbocycles. The summed E-state index contributed by atoms with van der Waals surface area (Å²) in [5.41, 5.74) is 9.98. The highest BCUT2D eigenvalue weighted by Gasteiger charge is 2.52. The Bertz CT molecular complexity index is 2630. The Morgan fingerprint density at radius 1 is 0.631 bits per heavy atom. The second kappa shape index (κ2) is 20.4. The number of anilines is 1. The van der Waals surface area contributed by atoms with Gasteiger partial charge in [0.05, 0.1) is 26.2 Å². The van der Waals surface area contributed by atoms with Crippen molar-refractivity contribution in [3.63, 3.8) is 0 Å². The van der Waals surface area contributed by atoms with E-state index >= 15 is 0 Å². The van der Waals surface area contributed by atoms with E-state index in [0.717, 1.165) is 45.4 Å². The molecule has 6 aromatic rings. The highest BCUT2D eigenvalue weighted by Crippen LogP contribution is 2.53. The number of aliphatic carboxylic acids is 1. The van der Waals surface area contributed by atoms with Crippen molar-refractivity contribution < 1.29 is 33.5 Å². The quantitative estimate of drug-likeness (QED) is 0.0354. The molecule has 2 aliphatic rings. The zero-order valence-electron chi connectivity index (χ0n) is 37.0. The lowest BCUT2D eigenvalue weighted by Crippen LogP contribution is -2.39. The molecule has 8 nitrogen and oxygen atoms in total. The summed E-state index contributed by atoms with van der Waals surface area (Å²) in [6, 6.07) is 54.6. The zero-order valence-corrected chi connectivity index (χ0v) is 37.0. The third-order valence-electron chi connectivity index (χ3n) is 12.8.